The number of nitrogens with zero attached hydrogens (tertiary/aromatic N) is 3. The van der Waals surface area contributed by atoms with E-state index >= 15 is 0 Å². The fourth-order valence-electron chi connectivity index (χ4n) is 3.96. The first-order valence-corrected chi connectivity index (χ1v) is 10.1. The van der Waals surface area contributed by atoms with Crippen molar-refractivity contribution >= 4 is 22.6 Å². The predicted octanol–water partition coefficient (Wildman–Crippen LogP) is 3.37. The smallest absolute Gasteiger partial charge is 0.230 e. The Bertz CT molecular complexity index is 1000. The minimum absolute atomic E-state index is 0.0907. The maximum atomic E-state index is 12.5. The second-order valence-electron chi connectivity index (χ2n) is 8.09. The van der Waals surface area contributed by atoms with E-state index in [-0.39, 0.29) is 12.3 Å². The highest BCUT2D eigenvalue weighted by atomic mass is 16.5. The van der Waals surface area contributed by atoms with Crippen LogP contribution >= 0.6 is 0 Å². The van der Waals surface area contributed by atoms with Crippen molar-refractivity contribution in [3.05, 3.63) is 58.8 Å². The van der Waals surface area contributed by atoms with E-state index in [0.717, 1.165) is 60.5 Å². The molecule has 29 heavy (non-hydrogen) atoms. The first-order valence-electron chi connectivity index (χ1n) is 10.1. The number of carbonyl (C=O) groups excluding carboxylic acids is 1. The SMILES string of the molecule is Cc1cc(C)c2c(CC(=O)Nc3ccc(CN4CCN(C)CC4)cc3)noc2c1. The number of hydrogen-bond donors (Lipinski definition) is 1. The van der Waals surface area contributed by atoms with Crippen molar-refractivity contribution in [3.8, 4) is 0 Å². The second-order valence-corrected chi connectivity index (χ2v) is 8.09. The summed E-state index contributed by atoms with van der Waals surface area (Å²) in [4.78, 5) is 17.4. The van der Waals surface area contributed by atoms with Gasteiger partial charge < -0.3 is 14.7 Å². The predicted molar refractivity (Wildman–Crippen MR) is 115 cm³/mol. The van der Waals surface area contributed by atoms with E-state index < -0.39 is 0 Å². The number of piperazine rings is 1. The van der Waals surface area contributed by atoms with Crippen LogP contribution in [-0.2, 0) is 17.8 Å². The van der Waals surface area contributed by atoms with Gasteiger partial charge in [-0.1, -0.05) is 23.4 Å². The molecule has 4 rings (SSSR count). The zero-order valence-corrected chi connectivity index (χ0v) is 17.4. The quantitative estimate of drug-likeness (QED) is 0.721. The number of likely N-dealkylation sites (N-methyl/N-ethyl adjacent to an activating group) is 1. The molecule has 152 valence electrons. The van der Waals surface area contributed by atoms with Crippen LogP contribution in [0.25, 0.3) is 11.0 Å². The van der Waals surface area contributed by atoms with Crippen molar-refractivity contribution in [3.63, 3.8) is 0 Å². The summed E-state index contributed by atoms with van der Waals surface area (Å²) in [5, 5.41) is 8.03. The van der Waals surface area contributed by atoms with Gasteiger partial charge in [-0.25, -0.2) is 0 Å². The van der Waals surface area contributed by atoms with Crippen LogP contribution in [0.4, 0.5) is 5.69 Å². The number of anilines is 1. The molecule has 0 spiro atoms. The number of benzene rings is 2. The van der Waals surface area contributed by atoms with E-state index in [9.17, 15) is 4.79 Å². The molecule has 1 fully saturated rings. The minimum atomic E-state index is -0.0907. The molecule has 2 aromatic carbocycles. The zero-order chi connectivity index (χ0) is 20.4. The molecule has 1 amide bonds. The van der Waals surface area contributed by atoms with E-state index in [2.05, 4.69) is 45.5 Å². The van der Waals surface area contributed by atoms with Crippen LogP contribution < -0.4 is 5.32 Å². The second kappa shape index (κ2) is 8.35. The summed E-state index contributed by atoms with van der Waals surface area (Å²) in [6.07, 6.45) is 0.194. The average molecular weight is 393 g/mol. The molecule has 0 unspecified atom stereocenters. The van der Waals surface area contributed by atoms with Crippen molar-refractivity contribution in [1.82, 2.24) is 15.0 Å². The normalized spacial score (nSPS) is 15.7. The van der Waals surface area contributed by atoms with Crippen LogP contribution in [0.15, 0.2) is 40.9 Å². The molecule has 1 aliphatic rings. The Labute approximate surface area is 171 Å². The summed E-state index contributed by atoms with van der Waals surface area (Å²) < 4.78 is 5.42. The molecule has 1 aliphatic heterocycles. The Kier molecular flexibility index (Phi) is 5.65. The first-order chi connectivity index (χ1) is 14.0. The molecule has 1 aromatic heterocycles. The van der Waals surface area contributed by atoms with Gasteiger partial charge in [0.15, 0.2) is 5.58 Å². The summed E-state index contributed by atoms with van der Waals surface area (Å²) in [7, 11) is 2.17. The van der Waals surface area contributed by atoms with Crippen molar-refractivity contribution in [2.24, 2.45) is 0 Å². The Morgan fingerprint density at radius 1 is 1.10 bits per heavy atom. The molecular weight excluding hydrogens is 364 g/mol. The van der Waals surface area contributed by atoms with E-state index in [0.29, 0.717) is 5.69 Å². The van der Waals surface area contributed by atoms with Gasteiger partial charge in [-0.3, -0.25) is 9.69 Å². The first kappa shape index (κ1) is 19.6. The summed E-state index contributed by atoms with van der Waals surface area (Å²) >= 11 is 0. The highest BCUT2D eigenvalue weighted by Gasteiger charge is 2.16. The van der Waals surface area contributed by atoms with Gasteiger partial charge >= 0.3 is 0 Å². The molecule has 0 aliphatic carbocycles. The van der Waals surface area contributed by atoms with Crippen LogP contribution in [0, 0.1) is 13.8 Å². The van der Waals surface area contributed by atoms with Crippen molar-refractivity contribution in [2.45, 2.75) is 26.8 Å². The van der Waals surface area contributed by atoms with Gasteiger partial charge in [0.05, 0.1) is 6.42 Å². The van der Waals surface area contributed by atoms with E-state index in [1.165, 1.54) is 5.56 Å². The lowest BCUT2D eigenvalue weighted by Crippen LogP contribution is -2.43. The Morgan fingerprint density at radius 3 is 2.55 bits per heavy atom. The molecule has 0 saturated carbocycles. The van der Waals surface area contributed by atoms with Gasteiger partial charge in [0.2, 0.25) is 5.91 Å². The van der Waals surface area contributed by atoms with Crippen LogP contribution in [-0.4, -0.2) is 54.1 Å². The number of aromatic nitrogens is 1. The Morgan fingerprint density at radius 2 is 1.83 bits per heavy atom. The fraction of sp³-hybridized carbons (Fsp3) is 0.391. The van der Waals surface area contributed by atoms with Crippen LogP contribution in [0.3, 0.4) is 0 Å². The Hall–Kier alpha value is -2.70. The van der Waals surface area contributed by atoms with Crippen molar-refractivity contribution < 1.29 is 9.32 Å². The lowest BCUT2D eigenvalue weighted by atomic mass is 10.0. The van der Waals surface area contributed by atoms with Gasteiger partial charge in [0.25, 0.3) is 0 Å². The van der Waals surface area contributed by atoms with Crippen LogP contribution in [0.2, 0.25) is 0 Å². The third kappa shape index (κ3) is 4.66. The maximum Gasteiger partial charge on any atom is 0.230 e. The molecule has 6 heteroatoms. The third-order valence-corrected chi connectivity index (χ3v) is 5.55. The number of aryl methyl sites for hydroxylation is 2. The molecule has 0 atom stereocenters. The fourth-order valence-corrected chi connectivity index (χ4v) is 3.96. The number of nitrogens with one attached hydrogen (secondary N) is 1. The van der Waals surface area contributed by atoms with Gasteiger partial charge in [-0.2, -0.15) is 0 Å². The highest BCUT2D eigenvalue weighted by molar-refractivity contribution is 5.95. The lowest BCUT2D eigenvalue weighted by molar-refractivity contribution is -0.115. The van der Waals surface area contributed by atoms with Gasteiger partial charge in [0, 0.05) is 43.8 Å². The monoisotopic (exact) mass is 392 g/mol. The highest BCUT2D eigenvalue weighted by Crippen LogP contribution is 2.24. The summed E-state index contributed by atoms with van der Waals surface area (Å²) in [5.74, 6) is -0.0907. The van der Waals surface area contributed by atoms with Crippen molar-refractivity contribution in [2.75, 3.05) is 38.5 Å². The number of hydrogen-bond acceptors (Lipinski definition) is 5. The minimum Gasteiger partial charge on any atom is -0.356 e. The third-order valence-electron chi connectivity index (χ3n) is 5.55. The molecule has 0 radical (unpaired) electrons. The zero-order valence-electron chi connectivity index (χ0n) is 17.4. The summed E-state index contributed by atoms with van der Waals surface area (Å²) in [5.41, 5.74) is 5.69. The number of rotatable bonds is 5. The number of fused-ring (bicyclic) bond motifs is 1. The standard InChI is InChI=1S/C23H28N4O2/c1-16-12-17(2)23-20(25-29-21(23)13-16)14-22(28)24-19-6-4-18(5-7-19)15-27-10-8-26(3)9-11-27/h4-7,12-13H,8-11,14-15H2,1-3H3,(H,24,28). The van der Waals surface area contributed by atoms with E-state index in [4.69, 9.17) is 4.52 Å². The Balaban J connectivity index is 1.36. The van der Waals surface area contributed by atoms with Gasteiger partial charge in [-0.05, 0) is 55.8 Å². The largest absolute Gasteiger partial charge is 0.356 e. The van der Waals surface area contributed by atoms with E-state index in [1.807, 2.05) is 32.0 Å². The van der Waals surface area contributed by atoms with Crippen LogP contribution in [0.1, 0.15) is 22.4 Å². The molecule has 2 heterocycles. The number of carbonyl (C=O) groups is 1. The van der Waals surface area contributed by atoms with Gasteiger partial charge in [-0.15, -0.1) is 0 Å². The molecule has 6 nitrogen and oxygen atoms in total. The molecule has 0 bridgehead atoms. The average Bonchev–Trinajstić information content (AvgIpc) is 3.07. The van der Waals surface area contributed by atoms with E-state index in [1.54, 1.807) is 0 Å². The molecule has 1 saturated heterocycles. The topological polar surface area (TPSA) is 61.6 Å². The molecular formula is C23H28N4O2. The lowest BCUT2D eigenvalue weighted by Gasteiger charge is -2.32. The molecule has 1 N–H and O–H groups in total. The summed E-state index contributed by atoms with van der Waals surface area (Å²) in [6, 6.07) is 12.2. The van der Waals surface area contributed by atoms with Crippen molar-refractivity contribution in [1.29, 1.82) is 0 Å². The maximum absolute atomic E-state index is 12.5. The summed E-state index contributed by atoms with van der Waals surface area (Å²) in [6.45, 7) is 9.42. The van der Waals surface area contributed by atoms with Crippen LogP contribution in [0.5, 0.6) is 0 Å². The van der Waals surface area contributed by atoms with Gasteiger partial charge in [0.1, 0.15) is 5.69 Å². The number of amides is 1. The molecule has 3 aromatic rings.